The molecule has 0 aliphatic heterocycles. The summed E-state index contributed by atoms with van der Waals surface area (Å²) >= 11 is 4.11. The van der Waals surface area contributed by atoms with Crippen molar-refractivity contribution in [2.75, 3.05) is 13.2 Å². The molecule has 3 heterocycles. The highest BCUT2D eigenvalue weighted by molar-refractivity contribution is 7.19. The van der Waals surface area contributed by atoms with Crippen LogP contribution in [-0.4, -0.2) is 22.0 Å². The number of rotatable bonds is 10. The van der Waals surface area contributed by atoms with Gasteiger partial charge in [0.1, 0.15) is 28.4 Å². The van der Waals surface area contributed by atoms with Gasteiger partial charge in [0.15, 0.2) is 0 Å². The Morgan fingerprint density at radius 3 is 2.10 bits per heavy atom. The Morgan fingerprint density at radius 2 is 1.48 bits per heavy atom. The zero-order chi connectivity index (χ0) is 28.2. The number of fused-ring (bicyclic) bond motifs is 1. The van der Waals surface area contributed by atoms with Crippen molar-refractivity contribution in [1.82, 2.24) is 8.75 Å². The smallest absolute Gasteiger partial charge is 0.135 e. The normalized spacial score (nSPS) is 12.2. The molecule has 3 aromatic heterocycles. The first kappa shape index (κ1) is 27.9. The van der Waals surface area contributed by atoms with Gasteiger partial charge in [0.2, 0.25) is 0 Å². The van der Waals surface area contributed by atoms with E-state index in [-0.39, 0.29) is 5.82 Å². The van der Waals surface area contributed by atoms with E-state index < -0.39 is 5.83 Å². The van der Waals surface area contributed by atoms with Crippen LogP contribution in [0.1, 0.15) is 25.6 Å². The number of hydrogen-bond acceptors (Lipinski definition) is 7. The van der Waals surface area contributed by atoms with E-state index in [2.05, 4.69) is 15.3 Å². The van der Waals surface area contributed by atoms with Gasteiger partial charge in [-0.1, -0.05) is 18.7 Å². The van der Waals surface area contributed by atoms with E-state index in [1.807, 2.05) is 57.2 Å². The summed E-state index contributed by atoms with van der Waals surface area (Å²) in [4.78, 5) is 3.48. The maximum absolute atomic E-state index is 14.8. The van der Waals surface area contributed by atoms with Crippen LogP contribution in [0.5, 0.6) is 5.75 Å². The molecule has 2 aromatic carbocycles. The SMILES string of the molecule is C=C(F)/C(=C\C=C(/C)OCC)c1ccc(-c2ccc(-c3ccc(-c4ccc(OCC)cc4F)s3)c3nsnc23)s1. The van der Waals surface area contributed by atoms with Crippen LogP contribution in [-0.2, 0) is 4.74 Å². The third kappa shape index (κ3) is 5.77. The first-order valence-corrected chi connectivity index (χ1v) is 15.0. The van der Waals surface area contributed by atoms with Gasteiger partial charge in [0.05, 0.1) is 30.7 Å². The van der Waals surface area contributed by atoms with Crippen molar-refractivity contribution in [2.45, 2.75) is 20.8 Å². The van der Waals surface area contributed by atoms with Crippen LogP contribution in [0.15, 0.2) is 84.9 Å². The maximum Gasteiger partial charge on any atom is 0.135 e. The van der Waals surface area contributed by atoms with Crippen LogP contribution in [0.25, 0.3) is 47.9 Å². The standard InChI is InChI=1S/C31H26F2N2O2S3/c1-5-36-18(3)7-9-21(19(4)32)26-13-15-28(38-26)23-11-12-24(31-30(23)34-40-35-31)29-16-14-27(39-29)22-10-8-20(37-6-2)17-25(22)33/h7-17H,4-6H2,1-3H3/b18-7+,21-9+. The zero-order valence-corrected chi connectivity index (χ0v) is 24.6. The molecule has 0 aliphatic rings. The maximum atomic E-state index is 14.8. The van der Waals surface area contributed by atoms with Crippen molar-refractivity contribution < 1.29 is 18.3 Å². The number of thiophene rings is 2. The molecule has 0 aliphatic carbocycles. The monoisotopic (exact) mass is 592 g/mol. The summed E-state index contributed by atoms with van der Waals surface area (Å²) in [5.41, 5.74) is 4.34. The summed E-state index contributed by atoms with van der Waals surface area (Å²) < 4.78 is 49.2. The van der Waals surface area contributed by atoms with Gasteiger partial charge in [-0.2, -0.15) is 8.75 Å². The highest BCUT2D eigenvalue weighted by Crippen LogP contribution is 2.43. The molecule has 40 heavy (non-hydrogen) atoms. The lowest BCUT2D eigenvalue weighted by atomic mass is 10.1. The first-order valence-electron chi connectivity index (χ1n) is 12.6. The third-order valence-electron chi connectivity index (χ3n) is 6.09. The highest BCUT2D eigenvalue weighted by Gasteiger charge is 2.18. The third-order valence-corrected chi connectivity index (χ3v) is 8.92. The number of hydrogen-bond donors (Lipinski definition) is 0. The number of ether oxygens (including phenoxy) is 2. The van der Waals surface area contributed by atoms with Crippen LogP contribution < -0.4 is 4.74 Å². The molecule has 9 heteroatoms. The van der Waals surface area contributed by atoms with E-state index in [1.54, 1.807) is 24.3 Å². The molecule has 204 valence electrons. The van der Waals surface area contributed by atoms with Crippen LogP contribution in [0.4, 0.5) is 8.78 Å². The van der Waals surface area contributed by atoms with E-state index in [9.17, 15) is 8.78 Å². The summed E-state index contributed by atoms with van der Waals surface area (Å²) in [6.07, 6.45) is 3.43. The molecule has 0 N–H and O–H groups in total. The number of nitrogens with zero attached hydrogens (tertiary/aromatic N) is 2. The molecule has 5 aromatic rings. The first-order chi connectivity index (χ1) is 19.4. The molecule has 0 unspecified atom stereocenters. The van der Waals surface area contributed by atoms with Gasteiger partial charge < -0.3 is 9.47 Å². The molecule has 0 radical (unpaired) electrons. The second-order valence-corrected chi connectivity index (χ2v) is 11.4. The number of benzene rings is 2. The average Bonchev–Trinajstić information content (AvgIpc) is 3.70. The van der Waals surface area contributed by atoms with E-state index in [0.29, 0.717) is 35.9 Å². The molecule has 5 rings (SSSR count). The molecular formula is C31H26F2N2O2S3. The van der Waals surface area contributed by atoms with Crippen molar-refractivity contribution in [3.05, 3.63) is 95.6 Å². The van der Waals surface area contributed by atoms with Gasteiger partial charge in [-0.05, 0) is 69.3 Å². The van der Waals surface area contributed by atoms with E-state index in [0.717, 1.165) is 53.4 Å². The van der Waals surface area contributed by atoms with Gasteiger partial charge in [0.25, 0.3) is 0 Å². The minimum atomic E-state index is -0.512. The predicted octanol–water partition coefficient (Wildman–Crippen LogP) is 10.2. The van der Waals surface area contributed by atoms with Crippen molar-refractivity contribution in [3.8, 4) is 37.1 Å². The second kappa shape index (κ2) is 12.2. The van der Waals surface area contributed by atoms with E-state index in [4.69, 9.17) is 9.47 Å². The fourth-order valence-electron chi connectivity index (χ4n) is 4.25. The van der Waals surface area contributed by atoms with Gasteiger partial charge in [0, 0.05) is 47.8 Å². The lowest BCUT2D eigenvalue weighted by Gasteiger charge is -2.06. The minimum Gasteiger partial charge on any atom is -0.499 e. The fraction of sp³-hybridized carbons (Fsp3) is 0.161. The van der Waals surface area contributed by atoms with Crippen molar-refractivity contribution >= 4 is 51.0 Å². The quantitative estimate of drug-likeness (QED) is 0.120. The Balaban J connectivity index is 1.48. The van der Waals surface area contributed by atoms with Crippen molar-refractivity contribution in [2.24, 2.45) is 0 Å². The Bertz CT molecular complexity index is 1750. The van der Waals surface area contributed by atoms with Gasteiger partial charge in [-0.25, -0.2) is 8.78 Å². The lowest BCUT2D eigenvalue weighted by Crippen LogP contribution is -1.92. The summed E-state index contributed by atoms with van der Waals surface area (Å²) in [5.74, 6) is 0.378. The van der Waals surface area contributed by atoms with E-state index >= 15 is 0 Å². The van der Waals surface area contributed by atoms with Crippen LogP contribution in [0.3, 0.4) is 0 Å². The summed E-state index contributed by atoms with van der Waals surface area (Å²) in [5, 5.41) is 0. The second-order valence-electron chi connectivity index (χ2n) is 8.72. The van der Waals surface area contributed by atoms with Crippen LogP contribution in [0.2, 0.25) is 0 Å². The van der Waals surface area contributed by atoms with Crippen LogP contribution in [0, 0.1) is 5.82 Å². The van der Waals surface area contributed by atoms with Gasteiger partial charge in [-0.3, -0.25) is 0 Å². The summed E-state index contributed by atoms with van der Waals surface area (Å²) in [7, 11) is 0. The van der Waals surface area contributed by atoms with Crippen LogP contribution >= 0.6 is 34.4 Å². The largest absolute Gasteiger partial charge is 0.499 e. The molecule has 0 amide bonds. The topological polar surface area (TPSA) is 44.2 Å². The molecular weight excluding hydrogens is 567 g/mol. The molecule has 0 saturated carbocycles. The van der Waals surface area contributed by atoms with Gasteiger partial charge >= 0.3 is 0 Å². The highest BCUT2D eigenvalue weighted by atomic mass is 32.1. The predicted molar refractivity (Wildman–Crippen MR) is 164 cm³/mol. The molecule has 0 spiro atoms. The number of aromatic nitrogens is 2. The average molecular weight is 593 g/mol. The summed E-state index contributed by atoms with van der Waals surface area (Å²) in [6, 6.07) is 16.7. The minimum absolute atomic E-state index is 0.323. The van der Waals surface area contributed by atoms with Crippen molar-refractivity contribution in [3.63, 3.8) is 0 Å². The Hall–Kier alpha value is -3.66. The Morgan fingerprint density at radius 1 is 0.850 bits per heavy atom. The van der Waals surface area contributed by atoms with Gasteiger partial charge in [-0.15, -0.1) is 22.7 Å². The lowest BCUT2D eigenvalue weighted by molar-refractivity contribution is 0.231. The fourth-order valence-corrected chi connectivity index (χ4v) is 6.96. The Kier molecular flexibility index (Phi) is 8.54. The molecule has 0 fully saturated rings. The molecule has 0 saturated heterocycles. The molecule has 0 atom stereocenters. The molecule has 0 bridgehead atoms. The zero-order valence-electron chi connectivity index (χ0n) is 22.2. The van der Waals surface area contributed by atoms with E-state index in [1.165, 1.54) is 28.7 Å². The van der Waals surface area contributed by atoms with Crippen molar-refractivity contribution in [1.29, 1.82) is 0 Å². The summed E-state index contributed by atoms with van der Waals surface area (Å²) in [6.45, 7) is 10.1. The molecule has 4 nitrogen and oxygen atoms in total. The Labute approximate surface area is 243 Å². The number of allylic oxidation sites excluding steroid dienone is 5. The number of halogens is 2.